The highest BCUT2D eigenvalue weighted by molar-refractivity contribution is 7.71. The molecule has 0 spiro atoms. The summed E-state index contributed by atoms with van der Waals surface area (Å²) in [5.41, 5.74) is 0.465. The zero-order valence-corrected chi connectivity index (χ0v) is 10.3. The number of H-pyrrole nitrogens is 1. The van der Waals surface area contributed by atoms with E-state index < -0.39 is 0 Å². The molecule has 0 saturated carbocycles. The van der Waals surface area contributed by atoms with Crippen molar-refractivity contribution in [3.8, 4) is 5.75 Å². The zero-order chi connectivity index (χ0) is 13.0. The number of amides is 1. The minimum absolute atomic E-state index is 0.253. The van der Waals surface area contributed by atoms with Gasteiger partial charge in [-0.3, -0.25) is 10.1 Å². The maximum atomic E-state index is 11.9. The molecule has 1 amide bonds. The molecule has 2 N–H and O–H groups in total. The molecule has 0 radical (unpaired) electrons. The minimum atomic E-state index is -0.307. The fourth-order valence-electron chi connectivity index (χ4n) is 1.31. The molecule has 0 aliphatic heterocycles. The molecule has 0 aliphatic rings. The smallest absolute Gasteiger partial charge is 0.258 e. The fraction of sp³-hybridized carbons (Fsp3) is 0.0909. The van der Waals surface area contributed by atoms with Gasteiger partial charge in [0.2, 0.25) is 10.7 Å². The van der Waals surface area contributed by atoms with Gasteiger partial charge in [0.1, 0.15) is 12.1 Å². The molecule has 0 atom stereocenters. The fourth-order valence-corrected chi connectivity index (χ4v) is 1.46. The van der Waals surface area contributed by atoms with Crippen LogP contribution in [0.1, 0.15) is 10.4 Å². The van der Waals surface area contributed by atoms with Gasteiger partial charge in [-0.2, -0.15) is 0 Å². The van der Waals surface area contributed by atoms with Gasteiger partial charge in [-0.05, 0) is 30.4 Å². The van der Waals surface area contributed by atoms with E-state index in [-0.39, 0.29) is 16.6 Å². The molecule has 0 saturated heterocycles. The highest BCUT2D eigenvalue weighted by Gasteiger charge is 2.07. The Labute approximate surface area is 108 Å². The van der Waals surface area contributed by atoms with Gasteiger partial charge in [0.25, 0.3) is 5.91 Å². The van der Waals surface area contributed by atoms with Crippen LogP contribution in [0.5, 0.6) is 5.75 Å². The number of hydrogen-bond acceptors (Lipinski definition) is 5. The highest BCUT2D eigenvalue weighted by atomic mass is 32.1. The Hall–Kier alpha value is -2.28. The molecule has 2 aromatic rings. The summed E-state index contributed by atoms with van der Waals surface area (Å²) >= 11 is 4.83. The summed E-state index contributed by atoms with van der Waals surface area (Å²) in [4.78, 5) is 22.2. The van der Waals surface area contributed by atoms with Crippen LogP contribution in [-0.4, -0.2) is 28.0 Å². The molecule has 1 aromatic carbocycles. The Morgan fingerprint density at radius 3 is 3.00 bits per heavy atom. The minimum Gasteiger partial charge on any atom is -0.497 e. The molecule has 0 unspecified atom stereocenters. The molecule has 1 aromatic heterocycles. The number of nitrogens with zero attached hydrogens (tertiary/aromatic N) is 2. The van der Waals surface area contributed by atoms with Crippen LogP contribution in [0.2, 0.25) is 0 Å². The molecule has 92 valence electrons. The average molecular weight is 262 g/mol. The van der Waals surface area contributed by atoms with E-state index >= 15 is 0 Å². The largest absolute Gasteiger partial charge is 0.497 e. The van der Waals surface area contributed by atoms with Crippen LogP contribution in [-0.2, 0) is 0 Å². The van der Waals surface area contributed by atoms with Crippen LogP contribution in [0.25, 0.3) is 0 Å². The van der Waals surface area contributed by atoms with Crippen molar-refractivity contribution >= 4 is 24.1 Å². The van der Waals surface area contributed by atoms with E-state index in [0.29, 0.717) is 11.3 Å². The zero-order valence-electron chi connectivity index (χ0n) is 9.51. The van der Waals surface area contributed by atoms with E-state index in [1.165, 1.54) is 6.33 Å². The van der Waals surface area contributed by atoms with Crippen molar-refractivity contribution in [2.45, 2.75) is 0 Å². The van der Waals surface area contributed by atoms with Gasteiger partial charge in [0.05, 0.1) is 7.11 Å². The van der Waals surface area contributed by atoms with Gasteiger partial charge in [-0.15, -0.1) is 0 Å². The van der Waals surface area contributed by atoms with E-state index in [1.807, 2.05) is 0 Å². The Kier molecular flexibility index (Phi) is 3.63. The Morgan fingerprint density at radius 1 is 1.44 bits per heavy atom. The molecular weight excluding hydrogens is 252 g/mol. The monoisotopic (exact) mass is 262 g/mol. The molecule has 1 heterocycles. The van der Waals surface area contributed by atoms with Crippen LogP contribution < -0.4 is 10.1 Å². The van der Waals surface area contributed by atoms with Crippen molar-refractivity contribution in [3.05, 3.63) is 40.9 Å². The quantitative estimate of drug-likeness (QED) is 0.824. The van der Waals surface area contributed by atoms with Crippen LogP contribution in [0.4, 0.5) is 5.95 Å². The average Bonchev–Trinajstić information content (AvgIpc) is 2.39. The highest BCUT2D eigenvalue weighted by Crippen LogP contribution is 2.13. The Balaban J connectivity index is 2.19. The number of aromatic amines is 1. The number of carbonyl (C=O) groups excluding carboxylic acids is 1. The third-order valence-corrected chi connectivity index (χ3v) is 2.36. The normalized spacial score (nSPS) is 9.83. The van der Waals surface area contributed by atoms with Crippen LogP contribution in [0.3, 0.4) is 0 Å². The van der Waals surface area contributed by atoms with Crippen molar-refractivity contribution in [1.82, 2.24) is 15.0 Å². The first kappa shape index (κ1) is 12.2. The summed E-state index contributed by atoms with van der Waals surface area (Å²) in [5, 5.41) is 2.58. The molecule has 0 bridgehead atoms. The Morgan fingerprint density at radius 2 is 2.28 bits per heavy atom. The summed E-state index contributed by atoms with van der Waals surface area (Å²) in [6.45, 7) is 0. The summed E-state index contributed by atoms with van der Waals surface area (Å²) in [6, 6.07) is 6.80. The van der Waals surface area contributed by atoms with Crippen LogP contribution in [0, 0.1) is 4.77 Å². The van der Waals surface area contributed by atoms with E-state index in [2.05, 4.69) is 20.3 Å². The molecular formula is C11H10N4O2S. The number of hydrogen-bond donors (Lipinski definition) is 2. The van der Waals surface area contributed by atoms with Gasteiger partial charge in [-0.25, -0.2) is 9.97 Å². The molecule has 0 fully saturated rings. The van der Waals surface area contributed by atoms with Crippen LogP contribution >= 0.6 is 12.2 Å². The molecule has 7 heteroatoms. The Bertz CT molecular complexity index is 626. The molecule has 6 nitrogen and oxygen atoms in total. The summed E-state index contributed by atoms with van der Waals surface area (Å²) in [6.07, 6.45) is 1.28. The first-order valence-corrected chi connectivity index (χ1v) is 5.46. The van der Waals surface area contributed by atoms with Gasteiger partial charge in [0, 0.05) is 5.56 Å². The van der Waals surface area contributed by atoms with Gasteiger partial charge in [0.15, 0.2) is 0 Å². The predicted octanol–water partition coefficient (Wildman–Crippen LogP) is 1.80. The van der Waals surface area contributed by atoms with Crippen molar-refractivity contribution in [3.63, 3.8) is 0 Å². The molecule has 18 heavy (non-hydrogen) atoms. The summed E-state index contributed by atoms with van der Waals surface area (Å²) in [5.74, 6) is 0.555. The van der Waals surface area contributed by atoms with Crippen molar-refractivity contribution in [2.75, 3.05) is 12.4 Å². The number of aromatic nitrogens is 3. The SMILES string of the molecule is COc1cccc(C(=O)Nc2ncnc(=S)[nH]2)c1. The first-order chi connectivity index (χ1) is 8.69. The van der Waals surface area contributed by atoms with Crippen LogP contribution in [0.15, 0.2) is 30.6 Å². The standard InChI is InChI=1S/C11H10N4O2S/c1-17-8-4-2-3-7(5-8)9(16)14-10-12-6-13-11(18)15-10/h2-6H,1H3,(H2,12,13,14,15,16,18). The third-order valence-electron chi connectivity index (χ3n) is 2.15. The number of nitrogens with one attached hydrogen (secondary N) is 2. The van der Waals surface area contributed by atoms with Crippen molar-refractivity contribution in [1.29, 1.82) is 0 Å². The van der Waals surface area contributed by atoms with Crippen molar-refractivity contribution in [2.24, 2.45) is 0 Å². The predicted molar refractivity (Wildman–Crippen MR) is 68.2 cm³/mol. The maximum Gasteiger partial charge on any atom is 0.258 e. The van der Waals surface area contributed by atoms with Gasteiger partial charge >= 0.3 is 0 Å². The number of carbonyl (C=O) groups is 1. The van der Waals surface area contributed by atoms with E-state index in [0.717, 1.165) is 0 Å². The summed E-state index contributed by atoms with van der Waals surface area (Å²) in [7, 11) is 1.54. The number of benzene rings is 1. The lowest BCUT2D eigenvalue weighted by atomic mass is 10.2. The number of methoxy groups -OCH3 is 1. The first-order valence-electron chi connectivity index (χ1n) is 5.06. The maximum absolute atomic E-state index is 11.9. The number of rotatable bonds is 3. The number of anilines is 1. The van der Waals surface area contributed by atoms with Gasteiger partial charge in [-0.1, -0.05) is 6.07 Å². The molecule has 0 aliphatic carbocycles. The second-order valence-electron chi connectivity index (χ2n) is 3.34. The lowest BCUT2D eigenvalue weighted by Crippen LogP contribution is -2.14. The second-order valence-corrected chi connectivity index (χ2v) is 3.73. The molecule has 2 rings (SSSR count). The summed E-state index contributed by atoms with van der Waals surface area (Å²) < 4.78 is 5.30. The van der Waals surface area contributed by atoms with E-state index in [1.54, 1.807) is 31.4 Å². The van der Waals surface area contributed by atoms with E-state index in [9.17, 15) is 4.79 Å². The third kappa shape index (κ3) is 2.89. The van der Waals surface area contributed by atoms with Crippen molar-refractivity contribution < 1.29 is 9.53 Å². The van der Waals surface area contributed by atoms with E-state index in [4.69, 9.17) is 17.0 Å². The number of ether oxygens (including phenoxy) is 1. The topological polar surface area (TPSA) is 79.9 Å². The lowest BCUT2D eigenvalue weighted by Gasteiger charge is -2.05. The lowest BCUT2D eigenvalue weighted by molar-refractivity contribution is 0.102. The van der Waals surface area contributed by atoms with Gasteiger partial charge < -0.3 is 9.72 Å². The second kappa shape index (κ2) is 5.37.